The van der Waals surface area contributed by atoms with Gasteiger partial charge in [-0.2, -0.15) is 0 Å². The summed E-state index contributed by atoms with van der Waals surface area (Å²) in [5.74, 6) is -0.0945. The summed E-state index contributed by atoms with van der Waals surface area (Å²) in [6.07, 6.45) is 8.48. The smallest absolute Gasteiger partial charge is 0.127 e. The highest BCUT2D eigenvalue weighted by Gasteiger charge is 2.23. The van der Waals surface area contributed by atoms with Crippen LogP contribution in [0.1, 0.15) is 48.9 Å². The van der Waals surface area contributed by atoms with E-state index in [1.54, 1.807) is 12.1 Å². The number of benzene rings is 2. The summed E-state index contributed by atoms with van der Waals surface area (Å²) in [4.78, 5) is 2.49. The first-order valence-electron chi connectivity index (χ1n) is 10.4. The molecule has 1 aromatic heterocycles. The predicted molar refractivity (Wildman–Crippen MR) is 112 cm³/mol. The molecule has 1 aliphatic carbocycles. The minimum atomic E-state index is -0.0945. The van der Waals surface area contributed by atoms with Gasteiger partial charge in [0.05, 0.1) is 0 Å². The third-order valence-corrected chi connectivity index (χ3v) is 5.91. The zero-order chi connectivity index (χ0) is 19.2. The molecule has 0 amide bonds. The molecule has 1 heterocycles. The van der Waals surface area contributed by atoms with Crippen molar-refractivity contribution in [1.29, 1.82) is 0 Å². The van der Waals surface area contributed by atoms with Gasteiger partial charge in [-0.05, 0) is 36.6 Å². The summed E-state index contributed by atoms with van der Waals surface area (Å²) in [7, 11) is 0. The van der Waals surface area contributed by atoms with Crippen molar-refractivity contribution in [3.63, 3.8) is 0 Å². The van der Waals surface area contributed by atoms with Crippen molar-refractivity contribution in [2.24, 2.45) is 0 Å². The number of halogens is 1. The molecule has 2 aromatic carbocycles. The van der Waals surface area contributed by atoms with Gasteiger partial charge >= 0.3 is 0 Å². The van der Waals surface area contributed by atoms with Crippen molar-refractivity contribution in [1.82, 2.24) is 9.47 Å². The summed E-state index contributed by atoms with van der Waals surface area (Å²) in [5, 5.41) is 0. The third-order valence-electron chi connectivity index (χ3n) is 5.91. The van der Waals surface area contributed by atoms with Crippen LogP contribution in [0.3, 0.4) is 0 Å². The minimum Gasteiger partial charge on any atom is -0.346 e. The van der Waals surface area contributed by atoms with Crippen LogP contribution in [-0.2, 0) is 19.6 Å². The van der Waals surface area contributed by atoms with E-state index in [4.69, 9.17) is 0 Å². The Morgan fingerprint density at radius 1 is 0.821 bits per heavy atom. The van der Waals surface area contributed by atoms with E-state index in [2.05, 4.69) is 58.1 Å². The fraction of sp³-hybridized carbons (Fsp3) is 0.360. The quantitative estimate of drug-likeness (QED) is 0.490. The van der Waals surface area contributed by atoms with E-state index in [-0.39, 0.29) is 5.82 Å². The van der Waals surface area contributed by atoms with Gasteiger partial charge < -0.3 is 4.57 Å². The molecule has 4 rings (SSSR count). The van der Waals surface area contributed by atoms with Gasteiger partial charge in [0, 0.05) is 43.1 Å². The second-order valence-electron chi connectivity index (χ2n) is 7.90. The molecule has 1 aliphatic rings. The normalized spacial score (nSPS) is 15.2. The van der Waals surface area contributed by atoms with E-state index in [0.29, 0.717) is 12.6 Å². The molecule has 146 valence electrons. The van der Waals surface area contributed by atoms with Crippen LogP contribution in [0.2, 0.25) is 0 Å². The zero-order valence-corrected chi connectivity index (χ0v) is 16.4. The Morgan fingerprint density at radius 3 is 2.36 bits per heavy atom. The molecule has 0 saturated heterocycles. The van der Waals surface area contributed by atoms with Gasteiger partial charge in [-0.15, -0.1) is 0 Å². The molecule has 0 N–H and O–H groups in total. The molecule has 28 heavy (non-hydrogen) atoms. The number of nitrogens with zero attached hydrogens (tertiary/aromatic N) is 2. The maximum atomic E-state index is 14.3. The molecular weight excluding hydrogens is 347 g/mol. The molecule has 0 atom stereocenters. The van der Waals surface area contributed by atoms with Crippen molar-refractivity contribution in [2.75, 3.05) is 0 Å². The van der Waals surface area contributed by atoms with Crippen molar-refractivity contribution >= 4 is 0 Å². The van der Waals surface area contributed by atoms with Crippen LogP contribution < -0.4 is 0 Å². The molecule has 3 heteroatoms. The van der Waals surface area contributed by atoms with Crippen LogP contribution in [0.5, 0.6) is 0 Å². The number of hydrogen-bond donors (Lipinski definition) is 0. The van der Waals surface area contributed by atoms with E-state index in [1.165, 1.54) is 43.4 Å². The second kappa shape index (κ2) is 9.20. The van der Waals surface area contributed by atoms with Gasteiger partial charge in [0.15, 0.2) is 0 Å². The van der Waals surface area contributed by atoms with Gasteiger partial charge in [0.1, 0.15) is 5.82 Å². The highest BCUT2D eigenvalue weighted by molar-refractivity contribution is 5.19. The lowest BCUT2D eigenvalue weighted by Crippen LogP contribution is -2.36. The number of hydrogen-bond acceptors (Lipinski definition) is 1. The maximum Gasteiger partial charge on any atom is 0.127 e. The van der Waals surface area contributed by atoms with Crippen LogP contribution in [0.15, 0.2) is 72.9 Å². The Morgan fingerprint density at radius 2 is 1.57 bits per heavy atom. The zero-order valence-electron chi connectivity index (χ0n) is 16.4. The third kappa shape index (κ3) is 4.71. The lowest BCUT2D eigenvalue weighted by Gasteiger charge is -2.34. The maximum absolute atomic E-state index is 14.3. The molecule has 0 aliphatic heterocycles. The largest absolute Gasteiger partial charge is 0.346 e. The van der Waals surface area contributed by atoms with Crippen LogP contribution in [0.25, 0.3) is 0 Å². The summed E-state index contributed by atoms with van der Waals surface area (Å²) in [6.45, 7) is 2.41. The molecular formula is C25H29FN2. The van der Waals surface area contributed by atoms with Crippen LogP contribution in [0.4, 0.5) is 4.39 Å². The predicted octanol–water partition coefficient (Wildman–Crippen LogP) is 6.01. The monoisotopic (exact) mass is 376 g/mol. The molecule has 0 spiro atoms. The number of aromatic nitrogens is 1. The molecule has 0 radical (unpaired) electrons. The van der Waals surface area contributed by atoms with Crippen molar-refractivity contribution in [2.45, 2.75) is 57.8 Å². The first-order valence-corrected chi connectivity index (χ1v) is 10.4. The van der Waals surface area contributed by atoms with E-state index >= 15 is 0 Å². The average molecular weight is 377 g/mol. The first-order chi connectivity index (χ1) is 13.8. The fourth-order valence-corrected chi connectivity index (χ4v) is 4.34. The molecule has 3 aromatic rings. The average Bonchev–Trinajstić information content (AvgIpc) is 3.17. The summed E-state index contributed by atoms with van der Waals surface area (Å²) < 4.78 is 16.7. The Bertz CT molecular complexity index is 865. The summed E-state index contributed by atoms with van der Waals surface area (Å²) in [6, 6.07) is 22.7. The lowest BCUT2D eigenvalue weighted by atomic mass is 9.93. The Hall–Kier alpha value is -2.39. The summed E-state index contributed by atoms with van der Waals surface area (Å²) >= 11 is 0. The van der Waals surface area contributed by atoms with Crippen molar-refractivity contribution < 1.29 is 4.39 Å². The summed E-state index contributed by atoms with van der Waals surface area (Å²) in [5.41, 5.74) is 3.40. The fourth-order valence-electron chi connectivity index (χ4n) is 4.34. The van der Waals surface area contributed by atoms with E-state index in [9.17, 15) is 4.39 Å². The molecule has 0 unspecified atom stereocenters. The second-order valence-corrected chi connectivity index (χ2v) is 7.90. The highest BCUT2D eigenvalue weighted by Crippen LogP contribution is 2.26. The van der Waals surface area contributed by atoms with Crippen molar-refractivity contribution in [3.8, 4) is 0 Å². The molecule has 1 saturated carbocycles. The van der Waals surface area contributed by atoms with Gasteiger partial charge in [0.25, 0.3) is 0 Å². The lowest BCUT2D eigenvalue weighted by molar-refractivity contribution is 0.135. The van der Waals surface area contributed by atoms with Gasteiger partial charge in [0.2, 0.25) is 0 Å². The van der Waals surface area contributed by atoms with E-state index < -0.39 is 0 Å². The van der Waals surface area contributed by atoms with Gasteiger partial charge in [-0.25, -0.2) is 4.39 Å². The standard InChI is InChI=1S/C25H29FN2/c26-25-16-8-7-12-22(25)19-28(23-13-5-2-6-14-23)20-24-15-9-17-27(24)18-21-10-3-1-4-11-21/h1,3-4,7-12,15-17,23H,2,5-6,13-14,18-20H2. The van der Waals surface area contributed by atoms with Crippen LogP contribution in [0, 0.1) is 5.82 Å². The topological polar surface area (TPSA) is 8.17 Å². The SMILES string of the molecule is Fc1ccccc1CN(Cc1cccn1Cc1ccccc1)C1CCCCC1. The van der Waals surface area contributed by atoms with Crippen LogP contribution in [-0.4, -0.2) is 15.5 Å². The molecule has 1 fully saturated rings. The molecule has 0 bridgehead atoms. The van der Waals surface area contributed by atoms with E-state index in [0.717, 1.165) is 18.7 Å². The Balaban J connectivity index is 1.54. The van der Waals surface area contributed by atoms with Gasteiger partial charge in [-0.1, -0.05) is 67.8 Å². The Kier molecular flexibility index (Phi) is 6.23. The van der Waals surface area contributed by atoms with E-state index in [1.807, 2.05) is 12.1 Å². The Labute approximate surface area is 167 Å². The highest BCUT2D eigenvalue weighted by atomic mass is 19.1. The number of rotatable bonds is 7. The van der Waals surface area contributed by atoms with Crippen LogP contribution >= 0.6 is 0 Å². The van der Waals surface area contributed by atoms with Crippen molar-refractivity contribution in [3.05, 3.63) is 95.6 Å². The first kappa shape index (κ1) is 18.9. The molecule has 2 nitrogen and oxygen atoms in total. The van der Waals surface area contributed by atoms with Gasteiger partial charge in [-0.3, -0.25) is 4.90 Å². The minimum absolute atomic E-state index is 0.0945.